The summed E-state index contributed by atoms with van der Waals surface area (Å²) in [6.07, 6.45) is 13.6. The van der Waals surface area contributed by atoms with Crippen LogP contribution < -0.4 is 5.73 Å². The minimum Gasteiger partial charge on any atom is -0.381 e. The highest BCUT2D eigenvalue weighted by Gasteiger charge is 2.23. The molecule has 2 saturated carbocycles. The zero-order valence-corrected chi connectivity index (χ0v) is 11.2. The van der Waals surface area contributed by atoms with Crippen molar-refractivity contribution in [3.8, 4) is 0 Å². The van der Waals surface area contributed by atoms with E-state index >= 15 is 0 Å². The first kappa shape index (κ1) is 13.4. The van der Waals surface area contributed by atoms with Crippen LogP contribution >= 0.6 is 0 Å². The summed E-state index contributed by atoms with van der Waals surface area (Å²) in [4.78, 5) is 0. The molecule has 0 aliphatic heterocycles. The molecule has 2 heteroatoms. The Hall–Kier alpha value is -0.0800. The van der Waals surface area contributed by atoms with E-state index in [1.54, 1.807) is 0 Å². The Morgan fingerprint density at radius 1 is 0.882 bits per heavy atom. The van der Waals surface area contributed by atoms with Crippen LogP contribution in [0.4, 0.5) is 0 Å². The fourth-order valence-electron chi connectivity index (χ4n) is 3.44. The highest BCUT2D eigenvalue weighted by Crippen LogP contribution is 2.27. The first-order chi connectivity index (χ1) is 8.36. The molecule has 0 saturated heterocycles. The molecule has 0 bridgehead atoms. The molecule has 0 amide bonds. The zero-order valence-electron chi connectivity index (χ0n) is 11.2. The largest absolute Gasteiger partial charge is 0.381 e. The van der Waals surface area contributed by atoms with Gasteiger partial charge in [-0.3, -0.25) is 0 Å². The predicted octanol–water partition coefficient (Wildman–Crippen LogP) is 3.49. The maximum atomic E-state index is 6.07. The molecule has 0 spiro atoms. The Balaban J connectivity index is 1.53. The molecular weight excluding hydrogens is 210 g/mol. The molecule has 2 unspecified atom stereocenters. The Morgan fingerprint density at radius 2 is 1.65 bits per heavy atom. The summed E-state index contributed by atoms with van der Waals surface area (Å²) in [5.41, 5.74) is 6.07. The van der Waals surface area contributed by atoms with Crippen LogP contribution in [-0.4, -0.2) is 19.3 Å². The van der Waals surface area contributed by atoms with Gasteiger partial charge in [0.2, 0.25) is 0 Å². The molecule has 2 rings (SSSR count). The van der Waals surface area contributed by atoms with Gasteiger partial charge in [-0.2, -0.15) is 0 Å². The van der Waals surface area contributed by atoms with Crippen molar-refractivity contribution in [1.82, 2.24) is 0 Å². The van der Waals surface area contributed by atoms with Crippen LogP contribution in [0.1, 0.15) is 64.2 Å². The van der Waals surface area contributed by atoms with Crippen molar-refractivity contribution in [1.29, 1.82) is 0 Å². The lowest BCUT2D eigenvalue weighted by atomic mass is 10.0. The number of rotatable bonds is 5. The second-order valence-electron chi connectivity index (χ2n) is 6.08. The molecule has 0 aromatic carbocycles. The van der Waals surface area contributed by atoms with E-state index in [1.807, 2.05) is 0 Å². The Morgan fingerprint density at radius 3 is 2.29 bits per heavy atom. The van der Waals surface area contributed by atoms with E-state index in [0.29, 0.717) is 6.04 Å². The molecule has 17 heavy (non-hydrogen) atoms. The van der Waals surface area contributed by atoms with E-state index in [0.717, 1.165) is 25.0 Å². The maximum absolute atomic E-state index is 6.07. The zero-order chi connectivity index (χ0) is 11.9. The fourth-order valence-corrected chi connectivity index (χ4v) is 3.44. The van der Waals surface area contributed by atoms with Crippen molar-refractivity contribution in [3.63, 3.8) is 0 Å². The highest BCUT2D eigenvalue weighted by atomic mass is 16.5. The molecule has 2 aliphatic rings. The number of hydrogen-bond acceptors (Lipinski definition) is 2. The van der Waals surface area contributed by atoms with Gasteiger partial charge in [0.25, 0.3) is 0 Å². The summed E-state index contributed by atoms with van der Waals surface area (Å²) in [5, 5.41) is 0. The van der Waals surface area contributed by atoms with Gasteiger partial charge < -0.3 is 10.5 Å². The van der Waals surface area contributed by atoms with Crippen molar-refractivity contribution in [2.45, 2.75) is 70.3 Å². The number of nitrogens with two attached hydrogens (primary N) is 1. The van der Waals surface area contributed by atoms with Crippen molar-refractivity contribution in [3.05, 3.63) is 0 Å². The quantitative estimate of drug-likeness (QED) is 0.589. The van der Waals surface area contributed by atoms with Crippen LogP contribution in [0.5, 0.6) is 0 Å². The monoisotopic (exact) mass is 239 g/mol. The molecule has 0 aromatic rings. The topological polar surface area (TPSA) is 35.2 Å². The van der Waals surface area contributed by atoms with Gasteiger partial charge in [-0.15, -0.1) is 0 Å². The van der Waals surface area contributed by atoms with E-state index in [9.17, 15) is 0 Å². The fraction of sp³-hybridized carbons (Fsp3) is 1.00. The van der Waals surface area contributed by atoms with Gasteiger partial charge in [-0.05, 0) is 43.9 Å². The third-order valence-electron chi connectivity index (χ3n) is 4.68. The van der Waals surface area contributed by atoms with Gasteiger partial charge in [0, 0.05) is 19.3 Å². The van der Waals surface area contributed by atoms with E-state index < -0.39 is 0 Å². The van der Waals surface area contributed by atoms with Crippen molar-refractivity contribution in [2.75, 3.05) is 13.2 Å². The van der Waals surface area contributed by atoms with Gasteiger partial charge in [0.05, 0.1) is 0 Å². The van der Waals surface area contributed by atoms with Gasteiger partial charge in [-0.1, -0.05) is 32.1 Å². The summed E-state index contributed by atoms with van der Waals surface area (Å²) in [5.74, 6) is 1.58. The van der Waals surface area contributed by atoms with Crippen LogP contribution in [0.25, 0.3) is 0 Å². The van der Waals surface area contributed by atoms with Gasteiger partial charge >= 0.3 is 0 Å². The third kappa shape index (κ3) is 4.59. The van der Waals surface area contributed by atoms with Gasteiger partial charge in [-0.25, -0.2) is 0 Å². The Bertz CT molecular complexity index is 199. The van der Waals surface area contributed by atoms with E-state index in [-0.39, 0.29) is 0 Å². The van der Waals surface area contributed by atoms with Crippen LogP contribution in [0, 0.1) is 11.8 Å². The highest BCUT2D eigenvalue weighted by molar-refractivity contribution is 4.79. The lowest BCUT2D eigenvalue weighted by Gasteiger charge is -2.17. The summed E-state index contributed by atoms with van der Waals surface area (Å²) >= 11 is 0. The average Bonchev–Trinajstić information content (AvgIpc) is 2.60. The third-order valence-corrected chi connectivity index (χ3v) is 4.68. The first-order valence-corrected chi connectivity index (χ1v) is 7.69. The molecule has 2 atom stereocenters. The molecule has 0 aromatic heterocycles. The second-order valence-corrected chi connectivity index (χ2v) is 6.08. The smallest absolute Gasteiger partial charge is 0.0494 e. The lowest BCUT2D eigenvalue weighted by molar-refractivity contribution is 0.0826. The summed E-state index contributed by atoms with van der Waals surface area (Å²) in [6.45, 7) is 1.94. The number of hydrogen-bond donors (Lipinski definition) is 1. The molecule has 0 radical (unpaired) electrons. The Labute approximate surface area is 106 Å². The number of ether oxygens (including phenoxy) is 1. The molecule has 2 aliphatic carbocycles. The maximum Gasteiger partial charge on any atom is 0.0494 e. The van der Waals surface area contributed by atoms with E-state index in [1.165, 1.54) is 64.2 Å². The van der Waals surface area contributed by atoms with Crippen LogP contribution in [0.2, 0.25) is 0 Å². The van der Waals surface area contributed by atoms with Crippen LogP contribution in [-0.2, 0) is 4.74 Å². The molecule has 2 fully saturated rings. The molecule has 2 nitrogen and oxygen atoms in total. The molecular formula is C15H29NO. The summed E-state index contributed by atoms with van der Waals surface area (Å²) in [7, 11) is 0. The van der Waals surface area contributed by atoms with Gasteiger partial charge in [0.15, 0.2) is 0 Å². The summed E-state index contributed by atoms with van der Waals surface area (Å²) < 4.78 is 5.88. The predicted molar refractivity (Wildman–Crippen MR) is 71.9 cm³/mol. The SMILES string of the molecule is NC1CCCC1CCOCC1CCCCCC1. The van der Waals surface area contributed by atoms with Crippen molar-refractivity contribution < 1.29 is 4.74 Å². The molecule has 0 heterocycles. The molecule has 2 N–H and O–H groups in total. The van der Waals surface area contributed by atoms with Crippen LogP contribution in [0.15, 0.2) is 0 Å². The minimum atomic E-state index is 0.455. The lowest BCUT2D eigenvalue weighted by Crippen LogP contribution is -2.25. The Kier molecular flexibility index (Phi) is 5.79. The standard InChI is InChI=1S/C15H29NO/c16-15-9-5-8-14(15)10-11-17-12-13-6-3-1-2-4-7-13/h13-15H,1-12,16H2. The van der Waals surface area contributed by atoms with E-state index in [4.69, 9.17) is 10.5 Å². The molecule has 100 valence electrons. The normalized spacial score (nSPS) is 31.6. The van der Waals surface area contributed by atoms with Gasteiger partial charge in [0.1, 0.15) is 0 Å². The van der Waals surface area contributed by atoms with Crippen molar-refractivity contribution >= 4 is 0 Å². The van der Waals surface area contributed by atoms with Crippen molar-refractivity contribution in [2.24, 2.45) is 17.6 Å². The first-order valence-electron chi connectivity index (χ1n) is 7.69. The van der Waals surface area contributed by atoms with Crippen LogP contribution in [0.3, 0.4) is 0 Å². The second kappa shape index (κ2) is 7.38. The van der Waals surface area contributed by atoms with E-state index in [2.05, 4.69) is 0 Å². The summed E-state index contributed by atoms with van der Waals surface area (Å²) in [6, 6.07) is 0.455. The minimum absolute atomic E-state index is 0.455. The average molecular weight is 239 g/mol.